The van der Waals surface area contributed by atoms with E-state index in [0.29, 0.717) is 11.7 Å². The molecule has 3 rings (SSSR count). The van der Waals surface area contributed by atoms with Gasteiger partial charge in [0.1, 0.15) is 5.69 Å². The fourth-order valence-corrected chi connectivity index (χ4v) is 2.64. The molecule has 0 amide bonds. The number of hydrogen-bond acceptors (Lipinski definition) is 6. The van der Waals surface area contributed by atoms with Crippen molar-refractivity contribution in [1.82, 2.24) is 15.1 Å². The fraction of sp³-hybridized carbons (Fsp3) is 0.267. The van der Waals surface area contributed by atoms with Gasteiger partial charge in [-0.15, -0.1) is 0 Å². The van der Waals surface area contributed by atoms with E-state index in [-0.39, 0.29) is 6.04 Å². The van der Waals surface area contributed by atoms with Gasteiger partial charge in [-0.25, -0.2) is 0 Å². The van der Waals surface area contributed by atoms with Crippen molar-refractivity contribution in [2.24, 2.45) is 5.73 Å². The number of nitrogens with zero attached hydrogens (tertiary/aromatic N) is 3. The van der Waals surface area contributed by atoms with E-state index in [2.05, 4.69) is 15.1 Å². The number of aromatic nitrogens is 3. The van der Waals surface area contributed by atoms with Gasteiger partial charge in [0.2, 0.25) is 11.7 Å². The van der Waals surface area contributed by atoms with E-state index in [4.69, 9.17) is 10.3 Å². The third kappa shape index (κ3) is 2.91. The molecule has 0 saturated carbocycles. The molecular weight excluding hydrogens is 284 g/mol. The molecule has 5 nitrogen and oxygen atoms in total. The minimum atomic E-state index is -0.228. The molecule has 0 fully saturated rings. The Labute approximate surface area is 126 Å². The fourth-order valence-electron chi connectivity index (χ4n) is 2.15. The van der Waals surface area contributed by atoms with Crippen LogP contribution in [0.25, 0.3) is 22.3 Å². The molecule has 0 aliphatic heterocycles. The Hall–Kier alpha value is -1.92. The molecule has 0 bridgehead atoms. The van der Waals surface area contributed by atoms with Crippen LogP contribution in [0.15, 0.2) is 41.1 Å². The number of hydrogen-bond donors (Lipinski definition) is 1. The lowest BCUT2D eigenvalue weighted by molar-refractivity contribution is 0.353. The Morgan fingerprint density at radius 1 is 1.29 bits per heavy atom. The van der Waals surface area contributed by atoms with Gasteiger partial charge in [-0.2, -0.15) is 16.7 Å². The van der Waals surface area contributed by atoms with Gasteiger partial charge < -0.3 is 10.3 Å². The number of fused-ring (bicyclic) bond motifs is 1. The number of thioether (sulfide) groups is 1. The first kappa shape index (κ1) is 14.0. The predicted octanol–water partition coefficient (Wildman–Crippen LogP) is 3.04. The van der Waals surface area contributed by atoms with E-state index < -0.39 is 0 Å². The number of benzene rings is 1. The van der Waals surface area contributed by atoms with Crippen molar-refractivity contribution in [3.8, 4) is 11.5 Å². The molecule has 1 atom stereocenters. The zero-order valence-electron chi connectivity index (χ0n) is 11.7. The van der Waals surface area contributed by atoms with Crippen LogP contribution in [0.1, 0.15) is 18.4 Å². The summed E-state index contributed by atoms with van der Waals surface area (Å²) < 4.78 is 5.29. The van der Waals surface area contributed by atoms with Gasteiger partial charge in [-0.05, 0) is 29.9 Å². The maximum absolute atomic E-state index is 6.06. The van der Waals surface area contributed by atoms with Gasteiger partial charge in [0.25, 0.3) is 0 Å². The predicted molar refractivity (Wildman–Crippen MR) is 85.0 cm³/mol. The third-order valence-corrected chi connectivity index (χ3v) is 3.92. The van der Waals surface area contributed by atoms with E-state index in [0.717, 1.165) is 28.6 Å². The third-order valence-electron chi connectivity index (χ3n) is 3.28. The zero-order chi connectivity index (χ0) is 14.7. The number of nitrogens with two attached hydrogens (primary N) is 1. The van der Waals surface area contributed by atoms with E-state index in [1.165, 1.54) is 0 Å². The van der Waals surface area contributed by atoms with Crippen LogP contribution >= 0.6 is 11.8 Å². The second-order valence-electron chi connectivity index (χ2n) is 4.72. The van der Waals surface area contributed by atoms with Crippen LogP contribution in [0.5, 0.6) is 0 Å². The summed E-state index contributed by atoms with van der Waals surface area (Å²) in [6.07, 6.45) is 4.61. The van der Waals surface area contributed by atoms with Crippen molar-refractivity contribution in [3.63, 3.8) is 0 Å². The summed E-state index contributed by atoms with van der Waals surface area (Å²) in [6.45, 7) is 0. The van der Waals surface area contributed by atoms with Gasteiger partial charge in [-0.3, -0.25) is 4.98 Å². The second-order valence-corrected chi connectivity index (χ2v) is 5.71. The van der Waals surface area contributed by atoms with E-state index in [1.807, 2.05) is 36.6 Å². The molecule has 0 spiro atoms. The van der Waals surface area contributed by atoms with Gasteiger partial charge in [0.05, 0.1) is 6.04 Å². The molecule has 2 aromatic heterocycles. The van der Waals surface area contributed by atoms with Gasteiger partial charge >= 0.3 is 0 Å². The van der Waals surface area contributed by atoms with Crippen molar-refractivity contribution in [2.75, 3.05) is 12.0 Å². The van der Waals surface area contributed by atoms with Crippen LogP contribution in [0.2, 0.25) is 0 Å². The van der Waals surface area contributed by atoms with Crippen molar-refractivity contribution in [1.29, 1.82) is 0 Å². The molecule has 1 unspecified atom stereocenters. The molecule has 0 aliphatic carbocycles. The number of rotatable bonds is 5. The molecule has 2 N–H and O–H groups in total. The first-order valence-corrected chi connectivity index (χ1v) is 8.11. The first-order valence-electron chi connectivity index (χ1n) is 6.72. The molecule has 0 aliphatic rings. The maximum Gasteiger partial charge on any atom is 0.243 e. The molecule has 0 radical (unpaired) electrons. The first-order chi connectivity index (χ1) is 10.3. The average Bonchev–Trinajstić information content (AvgIpc) is 3.02. The standard InChI is InChI=1S/C15H16N4OS/c1-21-9-7-12(16)15-18-14(19-20-15)13-11-5-3-2-4-10(11)6-8-17-13/h2-6,8,12H,7,9,16H2,1H3. The van der Waals surface area contributed by atoms with Crippen molar-refractivity contribution >= 4 is 22.5 Å². The zero-order valence-corrected chi connectivity index (χ0v) is 12.5. The lowest BCUT2D eigenvalue weighted by Crippen LogP contribution is -2.11. The minimum Gasteiger partial charge on any atom is -0.337 e. The highest BCUT2D eigenvalue weighted by Gasteiger charge is 2.17. The van der Waals surface area contributed by atoms with E-state index in [1.54, 1.807) is 18.0 Å². The maximum atomic E-state index is 6.06. The van der Waals surface area contributed by atoms with Gasteiger partial charge in [-0.1, -0.05) is 29.4 Å². The van der Waals surface area contributed by atoms with Gasteiger partial charge in [0.15, 0.2) is 0 Å². The van der Waals surface area contributed by atoms with Crippen molar-refractivity contribution in [3.05, 3.63) is 42.4 Å². The summed E-state index contributed by atoms with van der Waals surface area (Å²) in [6, 6.07) is 9.73. The van der Waals surface area contributed by atoms with Crippen molar-refractivity contribution in [2.45, 2.75) is 12.5 Å². The van der Waals surface area contributed by atoms with E-state index in [9.17, 15) is 0 Å². The van der Waals surface area contributed by atoms with Crippen LogP contribution in [-0.2, 0) is 0 Å². The topological polar surface area (TPSA) is 77.8 Å². The SMILES string of the molecule is CSCCC(N)c1nc(-c2nccc3ccccc23)no1. The minimum absolute atomic E-state index is 0.228. The summed E-state index contributed by atoms with van der Waals surface area (Å²) >= 11 is 1.75. The van der Waals surface area contributed by atoms with Crippen LogP contribution in [-0.4, -0.2) is 27.1 Å². The lowest BCUT2D eigenvalue weighted by atomic mass is 10.1. The molecule has 2 heterocycles. The lowest BCUT2D eigenvalue weighted by Gasteiger charge is -2.03. The summed E-state index contributed by atoms with van der Waals surface area (Å²) in [4.78, 5) is 8.79. The van der Waals surface area contributed by atoms with Crippen LogP contribution < -0.4 is 5.73 Å². The Morgan fingerprint density at radius 2 is 2.14 bits per heavy atom. The van der Waals surface area contributed by atoms with E-state index >= 15 is 0 Å². The average molecular weight is 300 g/mol. The highest BCUT2D eigenvalue weighted by Crippen LogP contribution is 2.25. The highest BCUT2D eigenvalue weighted by atomic mass is 32.2. The highest BCUT2D eigenvalue weighted by molar-refractivity contribution is 7.98. The summed E-state index contributed by atoms with van der Waals surface area (Å²) in [5, 5.41) is 6.13. The number of pyridine rings is 1. The Kier molecular flexibility index (Phi) is 4.17. The van der Waals surface area contributed by atoms with Crippen molar-refractivity contribution < 1.29 is 4.52 Å². The largest absolute Gasteiger partial charge is 0.337 e. The van der Waals surface area contributed by atoms with Crippen LogP contribution in [0.3, 0.4) is 0 Å². The summed E-state index contributed by atoms with van der Waals surface area (Å²) in [7, 11) is 0. The molecule has 21 heavy (non-hydrogen) atoms. The summed E-state index contributed by atoms with van der Waals surface area (Å²) in [5.41, 5.74) is 6.78. The molecule has 6 heteroatoms. The van der Waals surface area contributed by atoms with Crippen LogP contribution in [0, 0.1) is 0 Å². The molecule has 0 saturated heterocycles. The Balaban J connectivity index is 1.95. The normalized spacial score (nSPS) is 12.7. The Morgan fingerprint density at radius 3 is 3.00 bits per heavy atom. The second kappa shape index (κ2) is 6.24. The summed E-state index contributed by atoms with van der Waals surface area (Å²) in [5.74, 6) is 1.92. The van der Waals surface area contributed by atoms with Gasteiger partial charge in [0, 0.05) is 11.6 Å². The Bertz CT molecular complexity index is 738. The van der Waals surface area contributed by atoms with Crippen LogP contribution in [0.4, 0.5) is 0 Å². The molecule has 1 aromatic carbocycles. The monoisotopic (exact) mass is 300 g/mol. The quantitative estimate of drug-likeness (QED) is 0.780. The molecule has 108 valence electrons. The molecule has 3 aromatic rings. The molecular formula is C15H16N4OS. The smallest absolute Gasteiger partial charge is 0.243 e.